The van der Waals surface area contributed by atoms with Crippen LogP contribution in [-0.4, -0.2) is 36.7 Å². The third kappa shape index (κ3) is 4.35. The molecule has 0 amide bonds. The monoisotopic (exact) mass is 211 g/mol. The Morgan fingerprint density at radius 1 is 1.40 bits per heavy atom. The van der Waals surface area contributed by atoms with E-state index in [2.05, 4.69) is 32.3 Å². The van der Waals surface area contributed by atoms with Gasteiger partial charge in [0.25, 0.3) is 0 Å². The van der Waals surface area contributed by atoms with Crippen molar-refractivity contribution in [2.75, 3.05) is 26.2 Å². The van der Waals surface area contributed by atoms with E-state index >= 15 is 0 Å². The molecule has 0 saturated carbocycles. The molecule has 2 nitrogen and oxygen atoms in total. The fourth-order valence-electron chi connectivity index (χ4n) is 2.13. The van der Waals surface area contributed by atoms with Crippen molar-refractivity contribution in [3.8, 4) is 0 Å². The lowest BCUT2D eigenvalue weighted by atomic mass is 9.93. The molecular weight excluding hydrogens is 186 g/mol. The summed E-state index contributed by atoms with van der Waals surface area (Å²) in [7, 11) is 0. The van der Waals surface area contributed by atoms with Crippen molar-refractivity contribution in [3.63, 3.8) is 0 Å². The van der Waals surface area contributed by atoms with Crippen LogP contribution in [0, 0.1) is 5.92 Å². The molecule has 1 aliphatic heterocycles. The summed E-state index contributed by atoms with van der Waals surface area (Å²) in [5.74, 6) is 0.767. The highest BCUT2D eigenvalue weighted by Gasteiger charge is 2.30. The summed E-state index contributed by atoms with van der Waals surface area (Å²) in [6, 6.07) is 0. The highest BCUT2D eigenvalue weighted by Crippen LogP contribution is 2.26. The van der Waals surface area contributed by atoms with Crippen molar-refractivity contribution in [3.05, 3.63) is 12.7 Å². The van der Waals surface area contributed by atoms with Gasteiger partial charge in [0.05, 0.1) is 12.2 Å². The molecule has 0 aliphatic carbocycles. The second kappa shape index (κ2) is 5.66. The van der Waals surface area contributed by atoms with Crippen LogP contribution in [0.5, 0.6) is 0 Å². The van der Waals surface area contributed by atoms with Gasteiger partial charge in [-0.05, 0) is 25.7 Å². The van der Waals surface area contributed by atoms with Gasteiger partial charge in [-0.3, -0.25) is 0 Å². The molecule has 0 spiro atoms. The summed E-state index contributed by atoms with van der Waals surface area (Å²) in [4.78, 5) is 2.55. The van der Waals surface area contributed by atoms with Gasteiger partial charge in [-0.1, -0.05) is 19.9 Å². The molecule has 1 heterocycles. The summed E-state index contributed by atoms with van der Waals surface area (Å²) < 4.78 is 5.83. The third-order valence-electron chi connectivity index (χ3n) is 3.09. The second-order valence-corrected chi connectivity index (χ2v) is 5.24. The minimum Gasteiger partial charge on any atom is -0.371 e. The Bertz CT molecular complexity index is 193. The molecule has 2 heteroatoms. The molecule has 1 aliphatic rings. The molecule has 0 atom stereocenters. The van der Waals surface area contributed by atoms with Crippen molar-refractivity contribution in [1.29, 1.82) is 0 Å². The van der Waals surface area contributed by atoms with E-state index in [-0.39, 0.29) is 5.60 Å². The minimum atomic E-state index is 0.0850. The van der Waals surface area contributed by atoms with Crippen molar-refractivity contribution in [2.24, 2.45) is 5.92 Å². The fourth-order valence-corrected chi connectivity index (χ4v) is 2.13. The van der Waals surface area contributed by atoms with E-state index in [9.17, 15) is 0 Å². The standard InChI is InChI=1S/C13H25NO/c1-5-10-15-13(4)6-8-14(9-7-13)11-12(2)3/h5,12H,1,6-11H2,2-4H3. The first-order valence-electron chi connectivity index (χ1n) is 6.03. The zero-order valence-electron chi connectivity index (χ0n) is 10.5. The maximum atomic E-state index is 5.83. The van der Waals surface area contributed by atoms with Gasteiger partial charge < -0.3 is 9.64 Å². The van der Waals surface area contributed by atoms with Gasteiger partial charge in [-0.25, -0.2) is 0 Å². The second-order valence-electron chi connectivity index (χ2n) is 5.24. The van der Waals surface area contributed by atoms with Crippen LogP contribution >= 0.6 is 0 Å². The Kier molecular flexibility index (Phi) is 4.81. The lowest BCUT2D eigenvalue weighted by Gasteiger charge is -2.39. The summed E-state index contributed by atoms with van der Waals surface area (Å²) in [5.41, 5.74) is 0.0850. The SMILES string of the molecule is C=CCOC1(C)CCN(CC(C)C)CC1. The molecule has 0 unspecified atom stereocenters. The van der Waals surface area contributed by atoms with Crippen LogP contribution in [0.25, 0.3) is 0 Å². The highest BCUT2D eigenvalue weighted by atomic mass is 16.5. The van der Waals surface area contributed by atoms with Crippen LogP contribution < -0.4 is 0 Å². The quantitative estimate of drug-likeness (QED) is 0.648. The molecule has 0 N–H and O–H groups in total. The van der Waals surface area contributed by atoms with E-state index in [1.807, 2.05) is 6.08 Å². The summed E-state index contributed by atoms with van der Waals surface area (Å²) >= 11 is 0. The van der Waals surface area contributed by atoms with Crippen molar-refractivity contribution in [2.45, 2.75) is 39.2 Å². The molecular formula is C13H25NO. The molecule has 0 aromatic heterocycles. The Morgan fingerprint density at radius 3 is 2.47 bits per heavy atom. The summed E-state index contributed by atoms with van der Waals surface area (Å²) in [6.07, 6.45) is 4.13. The smallest absolute Gasteiger partial charge is 0.0683 e. The van der Waals surface area contributed by atoms with Crippen molar-refractivity contribution in [1.82, 2.24) is 4.90 Å². The van der Waals surface area contributed by atoms with Gasteiger partial charge >= 0.3 is 0 Å². The number of hydrogen-bond donors (Lipinski definition) is 0. The lowest BCUT2D eigenvalue weighted by Crippen LogP contribution is -2.45. The lowest BCUT2D eigenvalue weighted by molar-refractivity contribution is -0.0604. The number of ether oxygens (including phenoxy) is 1. The van der Waals surface area contributed by atoms with Crippen LogP contribution in [-0.2, 0) is 4.74 Å². The molecule has 1 saturated heterocycles. The summed E-state index contributed by atoms with van der Waals surface area (Å²) in [6.45, 7) is 14.7. The Morgan fingerprint density at radius 2 is 2.00 bits per heavy atom. The number of piperidine rings is 1. The van der Waals surface area contributed by atoms with Crippen LogP contribution in [0.2, 0.25) is 0 Å². The molecule has 0 bridgehead atoms. The highest BCUT2D eigenvalue weighted by molar-refractivity contribution is 4.85. The molecule has 0 aromatic rings. The van der Waals surface area contributed by atoms with E-state index in [1.165, 1.54) is 19.6 Å². The Hall–Kier alpha value is -0.340. The van der Waals surface area contributed by atoms with Crippen LogP contribution in [0.15, 0.2) is 12.7 Å². The average Bonchev–Trinajstić information content (AvgIpc) is 2.19. The average molecular weight is 211 g/mol. The predicted octanol–water partition coefficient (Wildman–Crippen LogP) is 2.70. The number of hydrogen-bond acceptors (Lipinski definition) is 2. The normalized spacial score (nSPS) is 21.9. The van der Waals surface area contributed by atoms with E-state index in [0.717, 1.165) is 18.8 Å². The van der Waals surface area contributed by atoms with Crippen molar-refractivity contribution < 1.29 is 4.74 Å². The maximum Gasteiger partial charge on any atom is 0.0683 e. The Labute approximate surface area is 94.3 Å². The largest absolute Gasteiger partial charge is 0.371 e. The van der Waals surface area contributed by atoms with E-state index in [0.29, 0.717) is 6.61 Å². The zero-order valence-corrected chi connectivity index (χ0v) is 10.5. The first-order chi connectivity index (χ1) is 7.06. The Balaban J connectivity index is 2.30. The predicted molar refractivity (Wildman–Crippen MR) is 65.1 cm³/mol. The maximum absolute atomic E-state index is 5.83. The van der Waals surface area contributed by atoms with Crippen LogP contribution in [0.4, 0.5) is 0 Å². The van der Waals surface area contributed by atoms with Gasteiger partial charge in [0.2, 0.25) is 0 Å². The van der Waals surface area contributed by atoms with Crippen LogP contribution in [0.3, 0.4) is 0 Å². The van der Waals surface area contributed by atoms with Gasteiger partial charge in [-0.2, -0.15) is 0 Å². The number of likely N-dealkylation sites (tertiary alicyclic amines) is 1. The van der Waals surface area contributed by atoms with E-state index in [4.69, 9.17) is 4.74 Å². The minimum absolute atomic E-state index is 0.0850. The first-order valence-corrected chi connectivity index (χ1v) is 6.03. The van der Waals surface area contributed by atoms with Crippen LogP contribution in [0.1, 0.15) is 33.6 Å². The molecule has 0 aromatic carbocycles. The van der Waals surface area contributed by atoms with Gasteiger partial charge in [-0.15, -0.1) is 6.58 Å². The van der Waals surface area contributed by atoms with Gasteiger partial charge in [0, 0.05) is 19.6 Å². The van der Waals surface area contributed by atoms with E-state index in [1.54, 1.807) is 0 Å². The van der Waals surface area contributed by atoms with E-state index < -0.39 is 0 Å². The molecule has 1 rings (SSSR count). The number of nitrogens with zero attached hydrogens (tertiary/aromatic N) is 1. The fraction of sp³-hybridized carbons (Fsp3) is 0.846. The molecule has 1 fully saturated rings. The molecule has 88 valence electrons. The van der Waals surface area contributed by atoms with Gasteiger partial charge in [0.1, 0.15) is 0 Å². The summed E-state index contributed by atoms with van der Waals surface area (Å²) in [5, 5.41) is 0. The topological polar surface area (TPSA) is 12.5 Å². The molecule has 15 heavy (non-hydrogen) atoms. The van der Waals surface area contributed by atoms with Crippen molar-refractivity contribution >= 4 is 0 Å². The van der Waals surface area contributed by atoms with Gasteiger partial charge in [0.15, 0.2) is 0 Å². The molecule has 0 radical (unpaired) electrons. The number of rotatable bonds is 5. The first kappa shape index (κ1) is 12.7. The zero-order chi connectivity index (χ0) is 11.3. The third-order valence-corrected chi connectivity index (χ3v) is 3.09.